The van der Waals surface area contributed by atoms with Gasteiger partial charge in [0.15, 0.2) is 0 Å². The molecule has 2 heterocycles. The van der Waals surface area contributed by atoms with Gasteiger partial charge in [-0.05, 0) is 30.7 Å². The van der Waals surface area contributed by atoms with Crippen molar-refractivity contribution >= 4 is 0 Å². The van der Waals surface area contributed by atoms with Gasteiger partial charge in [0.25, 0.3) is 0 Å². The normalized spacial score (nSPS) is 10.9. The lowest BCUT2D eigenvalue weighted by Crippen LogP contribution is -1.98. The van der Waals surface area contributed by atoms with Crippen LogP contribution in [0.3, 0.4) is 0 Å². The zero-order valence-electron chi connectivity index (χ0n) is 13.1. The topological polar surface area (TPSA) is 38.7 Å². The summed E-state index contributed by atoms with van der Waals surface area (Å²) < 4.78 is 0. The fourth-order valence-electron chi connectivity index (χ4n) is 2.41. The Bertz CT molecular complexity index is 794. The van der Waals surface area contributed by atoms with Gasteiger partial charge in [-0.3, -0.25) is 4.98 Å². The van der Waals surface area contributed by atoms with E-state index < -0.39 is 0 Å². The van der Waals surface area contributed by atoms with Crippen LogP contribution >= 0.6 is 0 Å². The van der Waals surface area contributed by atoms with Crippen molar-refractivity contribution in [1.29, 1.82) is 0 Å². The van der Waals surface area contributed by atoms with Crippen LogP contribution in [0.15, 0.2) is 54.9 Å². The van der Waals surface area contributed by atoms with Gasteiger partial charge in [0, 0.05) is 29.4 Å². The van der Waals surface area contributed by atoms with Crippen molar-refractivity contribution in [2.75, 3.05) is 0 Å². The molecule has 3 aromatic rings. The minimum absolute atomic E-state index is 0.317. The maximum atomic E-state index is 4.66. The molecule has 0 bridgehead atoms. The summed E-state index contributed by atoms with van der Waals surface area (Å²) >= 11 is 0. The van der Waals surface area contributed by atoms with Crippen LogP contribution in [0.5, 0.6) is 0 Å². The average Bonchev–Trinajstić information content (AvgIpc) is 2.55. The summed E-state index contributed by atoms with van der Waals surface area (Å²) in [6.45, 7) is 6.31. The third-order valence-electron chi connectivity index (χ3n) is 3.67. The maximum absolute atomic E-state index is 4.66. The van der Waals surface area contributed by atoms with Crippen LogP contribution in [0, 0.1) is 6.92 Å². The second-order valence-corrected chi connectivity index (χ2v) is 5.70. The molecule has 0 radical (unpaired) electrons. The van der Waals surface area contributed by atoms with Gasteiger partial charge in [-0.25, -0.2) is 9.97 Å². The summed E-state index contributed by atoms with van der Waals surface area (Å²) in [6, 6.07) is 14.3. The molecule has 0 fully saturated rings. The second kappa shape index (κ2) is 6.06. The van der Waals surface area contributed by atoms with Gasteiger partial charge in [-0.2, -0.15) is 0 Å². The third-order valence-corrected chi connectivity index (χ3v) is 3.67. The van der Waals surface area contributed by atoms with Crippen molar-refractivity contribution in [3.8, 4) is 22.5 Å². The van der Waals surface area contributed by atoms with Crippen molar-refractivity contribution in [1.82, 2.24) is 15.0 Å². The minimum Gasteiger partial charge on any atom is -0.256 e. The smallest absolute Gasteiger partial charge is 0.131 e. The van der Waals surface area contributed by atoms with Crippen molar-refractivity contribution < 1.29 is 0 Å². The molecule has 0 amide bonds. The fraction of sp³-hybridized carbons (Fsp3) is 0.211. The average molecular weight is 289 g/mol. The van der Waals surface area contributed by atoms with E-state index >= 15 is 0 Å². The van der Waals surface area contributed by atoms with Crippen molar-refractivity contribution in [2.45, 2.75) is 26.7 Å². The lowest BCUT2D eigenvalue weighted by atomic mass is 10.0. The molecule has 0 aliphatic rings. The summed E-state index contributed by atoms with van der Waals surface area (Å²) in [5.74, 6) is 1.18. The van der Waals surface area contributed by atoms with Crippen LogP contribution < -0.4 is 0 Å². The molecule has 3 heteroatoms. The van der Waals surface area contributed by atoms with E-state index in [4.69, 9.17) is 0 Å². The molecule has 0 saturated carbocycles. The van der Waals surface area contributed by atoms with Gasteiger partial charge in [0.05, 0.1) is 11.4 Å². The summed E-state index contributed by atoms with van der Waals surface area (Å²) in [6.07, 6.45) is 3.67. The summed E-state index contributed by atoms with van der Waals surface area (Å²) in [7, 11) is 0. The Labute approximate surface area is 131 Å². The van der Waals surface area contributed by atoms with Crippen LogP contribution in [0.1, 0.15) is 31.2 Å². The molecule has 1 aromatic carbocycles. The molecule has 0 saturated heterocycles. The summed E-state index contributed by atoms with van der Waals surface area (Å²) in [5, 5.41) is 0. The highest BCUT2D eigenvalue weighted by Gasteiger charge is 2.08. The first kappa shape index (κ1) is 14.4. The lowest BCUT2D eigenvalue weighted by Gasteiger charge is -2.09. The van der Waals surface area contributed by atoms with E-state index in [1.165, 1.54) is 5.56 Å². The monoisotopic (exact) mass is 289 g/mol. The van der Waals surface area contributed by atoms with Gasteiger partial charge in [-0.1, -0.05) is 38.1 Å². The van der Waals surface area contributed by atoms with Crippen molar-refractivity contribution in [3.63, 3.8) is 0 Å². The van der Waals surface area contributed by atoms with Crippen LogP contribution in [0.2, 0.25) is 0 Å². The SMILES string of the molecule is Cc1ccccc1-c1cc(-c2ccnc(C(C)C)n2)ccn1. The Morgan fingerprint density at radius 1 is 0.864 bits per heavy atom. The Balaban J connectivity index is 2.05. The summed E-state index contributed by atoms with van der Waals surface area (Å²) in [5.41, 5.74) is 5.36. The quantitative estimate of drug-likeness (QED) is 0.705. The largest absolute Gasteiger partial charge is 0.256 e. The molecule has 0 aliphatic carbocycles. The number of aryl methyl sites for hydroxylation is 1. The first-order chi connectivity index (χ1) is 10.6. The van der Waals surface area contributed by atoms with Crippen LogP contribution in [0.4, 0.5) is 0 Å². The van der Waals surface area contributed by atoms with E-state index in [0.717, 1.165) is 28.3 Å². The van der Waals surface area contributed by atoms with E-state index in [9.17, 15) is 0 Å². The Hall–Kier alpha value is -2.55. The fourth-order valence-corrected chi connectivity index (χ4v) is 2.41. The predicted molar refractivity (Wildman–Crippen MR) is 89.5 cm³/mol. The molecule has 0 aliphatic heterocycles. The number of nitrogens with zero attached hydrogens (tertiary/aromatic N) is 3. The van der Waals surface area contributed by atoms with E-state index in [1.807, 2.05) is 36.7 Å². The zero-order valence-corrected chi connectivity index (χ0v) is 13.1. The number of hydrogen-bond acceptors (Lipinski definition) is 3. The van der Waals surface area contributed by atoms with E-state index in [0.29, 0.717) is 5.92 Å². The molecule has 0 unspecified atom stereocenters. The predicted octanol–water partition coefficient (Wildman–Crippen LogP) is 4.64. The lowest BCUT2D eigenvalue weighted by molar-refractivity contribution is 0.776. The molecule has 0 spiro atoms. The van der Waals surface area contributed by atoms with Gasteiger partial charge >= 0.3 is 0 Å². The highest BCUT2D eigenvalue weighted by Crippen LogP contribution is 2.26. The van der Waals surface area contributed by atoms with E-state index in [2.05, 4.69) is 53.9 Å². The number of aromatic nitrogens is 3. The van der Waals surface area contributed by atoms with Crippen LogP contribution in [-0.2, 0) is 0 Å². The van der Waals surface area contributed by atoms with Crippen molar-refractivity contribution in [2.24, 2.45) is 0 Å². The summed E-state index contributed by atoms with van der Waals surface area (Å²) in [4.78, 5) is 13.5. The molecular formula is C19H19N3. The molecule has 2 aromatic heterocycles. The highest BCUT2D eigenvalue weighted by atomic mass is 14.9. The van der Waals surface area contributed by atoms with Gasteiger partial charge in [0.2, 0.25) is 0 Å². The third kappa shape index (κ3) is 2.89. The van der Waals surface area contributed by atoms with Crippen molar-refractivity contribution in [3.05, 3.63) is 66.2 Å². The first-order valence-corrected chi connectivity index (χ1v) is 7.50. The standard InChI is InChI=1S/C19H19N3/c1-13(2)19-21-11-9-17(22-19)15-8-10-20-18(12-15)16-7-5-4-6-14(16)3/h4-13H,1-3H3. The Kier molecular flexibility index (Phi) is 3.96. The first-order valence-electron chi connectivity index (χ1n) is 7.50. The Morgan fingerprint density at radius 2 is 1.64 bits per heavy atom. The molecule has 110 valence electrons. The molecule has 0 atom stereocenters. The van der Waals surface area contributed by atoms with Gasteiger partial charge in [-0.15, -0.1) is 0 Å². The number of rotatable bonds is 3. The molecule has 22 heavy (non-hydrogen) atoms. The van der Waals surface area contributed by atoms with E-state index in [1.54, 1.807) is 0 Å². The zero-order chi connectivity index (χ0) is 15.5. The second-order valence-electron chi connectivity index (χ2n) is 5.70. The Morgan fingerprint density at radius 3 is 2.41 bits per heavy atom. The van der Waals surface area contributed by atoms with E-state index in [-0.39, 0.29) is 0 Å². The molecule has 0 N–H and O–H groups in total. The molecule has 3 rings (SSSR count). The number of benzene rings is 1. The number of hydrogen-bond donors (Lipinski definition) is 0. The maximum Gasteiger partial charge on any atom is 0.131 e. The highest BCUT2D eigenvalue weighted by molar-refractivity contribution is 5.70. The van der Waals surface area contributed by atoms with Gasteiger partial charge < -0.3 is 0 Å². The molecule has 3 nitrogen and oxygen atoms in total. The number of pyridine rings is 1. The minimum atomic E-state index is 0.317. The van der Waals surface area contributed by atoms with Crippen LogP contribution in [-0.4, -0.2) is 15.0 Å². The van der Waals surface area contributed by atoms with Crippen LogP contribution in [0.25, 0.3) is 22.5 Å². The van der Waals surface area contributed by atoms with Gasteiger partial charge in [0.1, 0.15) is 5.82 Å². The molecular weight excluding hydrogens is 270 g/mol.